The Bertz CT molecular complexity index is 1600. The van der Waals surface area contributed by atoms with Crippen LogP contribution in [0.2, 0.25) is 0 Å². The maximum Gasteiger partial charge on any atom is 0.252 e. The number of H-pyrrole nitrogens is 1. The fraction of sp³-hybridized carbons (Fsp3) is 0.269. The molecular weight excluding hydrogens is 418 g/mol. The zero-order valence-electron chi connectivity index (χ0n) is 17.8. The van der Waals surface area contributed by atoms with Crippen molar-refractivity contribution in [2.45, 2.75) is 37.8 Å². The SMILES string of the molecule is O=C1NCc2c1c1c3ccccc3n(CC3C[C@H](O)C(CO)O3)c1c1[nH]c3ccccc3c21. The Labute approximate surface area is 188 Å². The summed E-state index contributed by atoms with van der Waals surface area (Å²) >= 11 is 0. The number of ether oxygens (including phenoxy) is 1. The Kier molecular flexibility index (Phi) is 3.94. The first-order valence-electron chi connectivity index (χ1n) is 11.3. The number of aliphatic hydroxyl groups is 2. The van der Waals surface area contributed by atoms with E-state index in [2.05, 4.69) is 39.1 Å². The normalized spacial score (nSPS) is 22.7. The van der Waals surface area contributed by atoms with Crippen LogP contribution in [-0.2, 0) is 17.8 Å². The predicted octanol–water partition coefficient (Wildman–Crippen LogP) is 3.18. The van der Waals surface area contributed by atoms with Crippen molar-refractivity contribution in [2.24, 2.45) is 0 Å². The van der Waals surface area contributed by atoms with Crippen LogP contribution < -0.4 is 5.32 Å². The molecule has 2 aliphatic heterocycles. The number of hydrogen-bond donors (Lipinski definition) is 4. The molecule has 7 nitrogen and oxygen atoms in total. The Morgan fingerprint density at radius 1 is 1.06 bits per heavy atom. The van der Waals surface area contributed by atoms with Crippen LogP contribution in [-0.4, -0.2) is 50.6 Å². The Morgan fingerprint density at radius 3 is 2.67 bits per heavy atom. The topological polar surface area (TPSA) is 99.5 Å². The van der Waals surface area contributed by atoms with Crippen molar-refractivity contribution in [3.63, 3.8) is 0 Å². The number of carbonyl (C=O) groups excluding carboxylic acids is 1. The van der Waals surface area contributed by atoms with E-state index in [-0.39, 0.29) is 18.6 Å². The minimum Gasteiger partial charge on any atom is -0.394 e. The number of aromatic amines is 1. The van der Waals surface area contributed by atoms with Gasteiger partial charge in [-0.3, -0.25) is 4.79 Å². The van der Waals surface area contributed by atoms with Gasteiger partial charge in [0.1, 0.15) is 6.10 Å². The first-order valence-corrected chi connectivity index (χ1v) is 11.3. The molecule has 2 aromatic heterocycles. The Morgan fingerprint density at radius 2 is 1.85 bits per heavy atom. The van der Waals surface area contributed by atoms with Crippen LogP contribution in [0.15, 0.2) is 48.5 Å². The van der Waals surface area contributed by atoms with Gasteiger partial charge in [-0.05, 0) is 17.7 Å². The van der Waals surface area contributed by atoms with E-state index in [1.54, 1.807) is 0 Å². The molecule has 166 valence electrons. The summed E-state index contributed by atoms with van der Waals surface area (Å²) in [6.07, 6.45) is -1.03. The number of hydrogen-bond acceptors (Lipinski definition) is 4. The van der Waals surface area contributed by atoms with Crippen LogP contribution in [0.25, 0.3) is 43.6 Å². The summed E-state index contributed by atoms with van der Waals surface area (Å²) in [5, 5.41) is 27.0. The van der Waals surface area contributed by atoms with Gasteiger partial charge in [0.2, 0.25) is 0 Å². The number of rotatable bonds is 3. The highest BCUT2D eigenvalue weighted by Crippen LogP contribution is 2.43. The summed E-state index contributed by atoms with van der Waals surface area (Å²) in [5.74, 6) is -0.0435. The number of nitrogens with one attached hydrogen (secondary N) is 2. The molecule has 2 unspecified atom stereocenters. The number of aliphatic hydroxyl groups excluding tert-OH is 2. The van der Waals surface area contributed by atoms with Crippen molar-refractivity contribution in [3.05, 3.63) is 59.7 Å². The van der Waals surface area contributed by atoms with Crippen LogP contribution in [0.3, 0.4) is 0 Å². The van der Waals surface area contributed by atoms with Crippen LogP contribution in [0, 0.1) is 0 Å². The minimum absolute atomic E-state index is 0.0435. The molecule has 2 aliphatic rings. The number of fused-ring (bicyclic) bond motifs is 10. The average molecular weight is 441 g/mol. The van der Waals surface area contributed by atoms with Crippen LogP contribution in [0.5, 0.6) is 0 Å². The molecule has 1 fully saturated rings. The van der Waals surface area contributed by atoms with Gasteiger partial charge in [0.25, 0.3) is 5.91 Å². The number of nitrogens with zero attached hydrogens (tertiary/aromatic N) is 1. The van der Waals surface area contributed by atoms with E-state index in [0.29, 0.717) is 19.5 Å². The molecule has 7 rings (SSSR count). The van der Waals surface area contributed by atoms with E-state index in [0.717, 1.165) is 54.7 Å². The molecule has 1 amide bonds. The van der Waals surface area contributed by atoms with E-state index in [1.807, 2.05) is 24.3 Å². The third-order valence-corrected chi connectivity index (χ3v) is 7.29. The summed E-state index contributed by atoms with van der Waals surface area (Å²) in [7, 11) is 0. The van der Waals surface area contributed by atoms with Crippen molar-refractivity contribution in [1.29, 1.82) is 0 Å². The molecule has 0 bridgehead atoms. The first kappa shape index (κ1) is 19.1. The summed E-state index contributed by atoms with van der Waals surface area (Å²) in [6, 6.07) is 16.3. The average Bonchev–Trinajstić information content (AvgIpc) is 3.57. The molecule has 0 aliphatic carbocycles. The van der Waals surface area contributed by atoms with Crippen molar-refractivity contribution in [2.75, 3.05) is 6.61 Å². The summed E-state index contributed by atoms with van der Waals surface area (Å²) in [5.41, 5.74) is 5.82. The van der Waals surface area contributed by atoms with Gasteiger partial charge in [-0.15, -0.1) is 0 Å². The molecule has 0 saturated carbocycles. The molecule has 0 radical (unpaired) electrons. The zero-order chi connectivity index (χ0) is 22.3. The van der Waals surface area contributed by atoms with Gasteiger partial charge in [-0.2, -0.15) is 0 Å². The van der Waals surface area contributed by atoms with Crippen molar-refractivity contribution in [3.8, 4) is 0 Å². The third kappa shape index (κ3) is 2.52. The first-order chi connectivity index (χ1) is 16.2. The lowest BCUT2D eigenvalue weighted by Gasteiger charge is -2.15. The van der Waals surface area contributed by atoms with E-state index in [9.17, 15) is 15.0 Å². The van der Waals surface area contributed by atoms with Crippen molar-refractivity contribution < 1.29 is 19.7 Å². The fourth-order valence-electron chi connectivity index (χ4n) is 5.90. The molecule has 4 heterocycles. The summed E-state index contributed by atoms with van der Waals surface area (Å²) < 4.78 is 8.18. The van der Waals surface area contributed by atoms with Crippen LogP contribution in [0.1, 0.15) is 22.3 Å². The van der Waals surface area contributed by atoms with Crippen LogP contribution in [0.4, 0.5) is 0 Å². The lowest BCUT2D eigenvalue weighted by molar-refractivity contribution is -0.0251. The van der Waals surface area contributed by atoms with E-state index in [1.165, 1.54) is 0 Å². The molecule has 33 heavy (non-hydrogen) atoms. The molecule has 5 aromatic rings. The summed E-state index contributed by atoms with van der Waals surface area (Å²) in [4.78, 5) is 16.7. The molecule has 1 saturated heterocycles. The molecule has 4 N–H and O–H groups in total. The lowest BCUT2D eigenvalue weighted by Crippen LogP contribution is -2.24. The van der Waals surface area contributed by atoms with Gasteiger partial charge in [0.15, 0.2) is 0 Å². The van der Waals surface area contributed by atoms with E-state index in [4.69, 9.17) is 4.74 Å². The Hall–Kier alpha value is -3.39. The lowest BCUT2D eigenvalue weighted by atomic mass is 9.97. The minimum atomic E-state index is -0.684. The zero-order valence-corrected chi connectivity index (χ0v) is 17.8. The van der Waals surface area contributed by atoms with E-state index < -0.39 is 12.2 Å². The second-order valence-electron chi connectivity index (χ2n) is 9.09. The van der Waals surface area contributed by atoms with Gasteiger partial charge >= 0.3 is 0 Å². The predicted molar refractivity (Wildman–Crippen MR) is 126 cm³/mol. The van der Waals surface area contributed by atoms with Gasteiger partial charge in [-0.25, -0.2) is 0 Å². The van der Waals surface area contributed by atoms with Crippen molar-refractivity contribution >= 4 is 49.5 Å². The number of aromatic nitrogens is 2. The smallest absolute Gasteiger partial charge is 0.252 e. The standard InChI is InChI=1S/C26H23N3O4/c30-12-20-19(31)9-13(33-20)11-29-18-8-4-2-6-15(18)22-23-16(10-27-26(23)32)21-14-5-1-3-7-17(14)28-24(21)25(22)29/h1-8,13,19-20,28,30-31H,9-12H2,(H,27,32)/t13?,19-,20?/m0/s1. The molecule has 0 spiro atoms. The second kappa shape index (κ2) is 6.81. The van der Waals surface area contributed by atoms with Gasteiger partial charge < -0.3 is 29.8 Å². The largest absolute Gasteiger partial charge is 0.394 e. The number of amides is 1. The third-order valence-electron chi connectivity index (χ3n) is 7.29. The highest BCUT2D eigenvalue weighted by molar-refractivity contribution is 6.30. The van der Waals surface area contributed by atoms with Gasteiger partial charge in [0.05, 0.1) is 35.4 Å². The Balaban J connectivity index is 1.60. The quantitative estimate of drug-likeness (QED) is 0.346. The monoisotopic (exact) mass is 441 g/mol. The van der Waals surface area contributed by atoms with Crippen LogP contribution >= 0.6 is 0 Å². The van der Waals surface area contributed by atoms with Gasteiger partial charge in [0, 0.05) is 52.1 Å². The maximum atomic E-state index is 13.1. The summed E-state index contributed by atoms with van der Waals surface area (Å²) in [6.45, 7) is 0.825. The molecule has 3 aromatic carbocycles. The number of carbonyl (C=O) groups is 1. The fourth-order valence-corrected chi connectivity index (χ4v) is 5.90. The molecular formula is C26H23N3O4. The highest BCUT2D eigenvalue weighted by atomic mass is 16.5. The van der Waals surface area contributed by atoms with Crippen molar-refractivity contribution in [1.82, 2.24) is 14.9 Å². The molecule has 3 atom stereocenters. The van der Waals surface area contributed by atoms with Gasteiger partial charge in [-0.1, -0.05) is 36.4 Å². The second-order valence-corrected chi connectivity index (χ2v) is 9.09. The maximum absolute atomic E-state index is 13.1. The van der Waals surface area contributed by atoms with E-state index >= 15 is 0 Å². The molecule has 7 heteroatoms. The number of para-hydroxylation sites is 2. The highest BCUT2D eigenvalue weighted by Gasteiger charge is 2.35. The number of benzene rings is 3.